The summed E-state index contributed by atoms with van der Waals surface area (Å²) in [6, 6.07) is 4.79. The van der Waals surface area contributed by atoms with Gasteiger partial charge in [0.1, 0.15) is 5.82 Å². The minimum atomic E-state index is -3.64. The normalized spacial score (nSPS) is 19.7. The standard InChI is InChI=1S/C19H21FN2O4S/c20-16-5-7-17(8-6-16)27(25,26)21-13-10-15(11-14-21)4-9-19(24)22-12-2-1-3-18(22)23/h1,3-9,15H,2,10-14H2. The predicted molar refractivity (Wildman–Crippen MR) is 97.5 cm³/mol. The Labute approximate surface area is 158 Å². The lowest BCUT2D eigenvalue weighted by atomic mass is 9.97. The summed E-state index contributed by atoms with van der Waals surface area (Å²) < 4.78 is 39.6. The van der Waals surface area contributed by atoms with Gasteiger partial charge in [0, 0.05) is 19.6 Å². The molecule has 0 aromatic heterocycles. The molecule has 2 amide bonds. The van der Waals surface area contributed by atoms with Crippen LogP contribution in [0, 0.1) is 11.7 Å². The number of sulfonamides is 1. The van der Waals surface area contributed by atoms with E-state index in [4.69, 9.17) is 0 Å². The zero-order valence-electron chi connectivity index (χ0n) is 14.8. The summed E-state index contributed by atoms with van der Waals surface area (Å²) in [6.07, 6.45) is 8.13. The van der Waals surface area contributed by atoms with E-state index < -0.39 is 15.8 Å². The van der Waals surface area contributed by atoms with Crippen molar-refractivity contribution in [3.05, 3.63) is 54.4 Å². The molecule has 1 fully saturated rings. The van der Waals surface area contributed by atoms with Gasteiger partial charge >= 0.3 is 0 Å². The van der Waals surface area contributed by atoms with Gasteiger partial charge in [0.05, 0.1) is 4.90 Å². The van der Waals surface area contributed by atoms with Crippen LogP contribution in [0.2, 0.25) is 0 Å². The molecule has 1 saturated heterocycles. The number of halogens is 1. The fraction of sp³-hybridized carbons (Fsp3) is 0.368. The SMILES string of the molecule is O=C1C=CCCN1C(=O)C=CC1CCN(S(=O)(=O)c2ccc(F)cc2)CC1. The summed E-state index contributed by atoms with van der Waals surface area (Å²) in [6.45, 7) is 1.04. The van der Waals surface area contributed by atoms with Gasteiger partial charge in [0.25, 0.3) is 11.8 Å². The smallest absolute Gasteiger partial charge is 0.253 e. The number of allylic oxidation sites excluding steroid dienone is 1. The molecule has 0 bridgehead atoms. The quantitative estimate of drug-likeness (QED) is 0.736. The molecule has 1 aromatic rings. The van der Waals surface area contributed by atoms with Crippen LogP contribution < -0.4 is 0 Å². The number of carbonyl (C=O) groups is 2. The van der Waals surface area contributed by atoms with Gasteiger partial charge in [-0.3, -0.25) is 14.5 Å². The molecule has 27 heavy (non-hydrogen) atoms. The summed E-state index contributed by atoms with van der Waals surface area (Å²) in [5, 5.41) is 0. The van der Waals surface area contributed by atoms with E-state index in [-0.39, 0.29) is 22.6 Å². The van der Waals surface area contributed by atoms with E-state index in [2.05, 4.69) is 0 Å². The molecule has 6 nitrogen and oxygen atoms in total. The van der Waals surface area contributed by atoms with Crippen LogP contribution >= 0.6 is 0 Å². The van der Waals surface area contributed by atoms with Crippen molar-refractivity contribution in [2.75, 3.05) is 19.6 Å². The molecule has 1 aromatic carbocycles. The molecule has 8 heteroatoms. The third kappa shape index (κ3) is 4.51. The highest BCUT2D eigenvalue weighted by atomic mass is 32.2. The van der Waals surface area contributed by atoms with Crippen LogP contribution in [0.5, 0.6) is 0 Å². The highest BCUT2D eigenvalue weighted by Gasteiger charge is 2.29. The first-order chi connectivity index (χ1) is 12.9. The van der Waals surface area contributed by atoms with Crippen molar-refractivity contribution in [3.63, 3.8) is 0 Å². The third-order valence-corrected chi connectivity index (χ3v) is 6.69. The summed E-state index contributed by atoms with van der Waals surface area (Å²) in [5.41, 5.74) is 0. The Kier molecular flexibility index (Phi) is 5.86. The minimum absolute atomic E-state index is 0.0732. The highest BCUT2D eigenvalue weighted by molar-refractivity contribution is 7.89. The number of hydrogen-bond acceptors (Lipinski definition) is 4. The number of nitrogens with zero attached hydrogens (tertiary/aromatic N) is 2. The molecular formula is C19H21FN2O4S. The van der Waals surface area contributed by atoms with E-state index in [1.807, 2.05) is 0 Å². The molecule has 0 N–H and O–H groups in total. The maximum atomic E-state index is 13.0. The fourth-order valence-electron chi connectivity index (χ4n) is 3.18. The second-order valence-corrected chi connectivity index (χ2v) is 8.51. The zero-order valence-corrected chi connectivity index (χ0v) is 15.6. The van der Waals surface area contributed by atoms with Gasteiger partial charge in [-0.15, -0.1) is 0 Å². The number of amides is 2. The lowest BCUT2D eigenvalue weighted by molar-refractivity contribution is -0.139. The molecular weight excluding hydrogens is 371 g/mol. The zero-order chi connectivity index (χ0) is 19.4. The number of imide groups is 1. The van der Waals surface area contributed by atoms with Gasteiger partial charge in [0.15, 0.2) is 0 Å². The van der Waals surface area contributed by atoms with Crippen LogP contribution in [0.25, 0.3) is 0 Å². The molecule has 0 radical (unpaired) electrons. The molecule has 0 saturated carbocycles. The summed E-state index contributed by atoms with van der Waals surface area (Å²) in [7, 11) is -3.64. The van der Waals surface area contributed by atoms with Crippen LogP contribution in [0.15, 0.2) is 53.5 Å². The lowest BCUT2D eigenvalue weighted by Gasteiger charge is -2.30. The molecule has 0 spiro atoms. The summed E-state index contributed by atoms with van der Waals surface area (Å²) in [4.78, 5) is 25.1. The van der Waals surface area contributed by atoms with Gasteiger partial charge < -0.3 is 0 Å². The molecule has 0 unspecified atom stereocenters. The van der Waals surface area contributed by atoms with Crippen molar-refractivity contribution < 1.29 is 22.4 Å². The van der Waals surface area contributed by atoms with Crippen molar-refractivity contribution in [1.82, 2.24) is 9.21 Å². The van der Waals surface area contributed by atoms with Gasteiger partial charge in [-0.1, -0.05) is 12.2 Å². The van der Waals surface area contributed by atoms with Crippen LogP contribution in [-0.4, -0.2) is 49.1 Å². The average Bonchev–Trinajstić information content (AvgIpc) is 2.67. The van der Waals surface area contributed by atoms with Crippen LogP contribution in [0.4, 0.5) is 4.39 Å². The molecule has 2 aliphatic rings. The summed E-state index contributed by atoms with van der Waals surface area (Å²) in [5.74, 6) is -1.06. The molecule has 2 aliphatic heterocycles. The van der Waals surface area contributed by atoms with E-state index in [1.54, 1.807) is 12.2 Å². The number of rotatable bonds is 4. The van der Waals surface area contributed by atoms with Crippen molar-refractivity contribution in [2.24, 2.45) is 5.92 Å². The van der Waals surface area contributed by atoms with Crippen molar-refractivity contribution in [2.45, 2.75) is 24.2 Å². The van der Waals surface area contributed by atoms with Gasteiger partial charge in [-0.05, 0) is 61.6 Å². The fourth-order valence-corrected chi connectivity index (χ4v) is 4.65. The largest absolute Gasteiger partial charge is 0.275 e. The Balaban J connectivity index is 1.57. The van der Waals surface area contributed by atoms with E-state index in [0.29, 0.717) is 38.9 Å². The third-order valence-electron chi connectivity index (χ3n) is 4.77. The first-order valence-corrected chi connectivity index (χ1v) is 10.3. The number of carbonyl (C=O) groups excluding carboxylic acids is 2. The average molecular weight is 392 g/mol. The molecule has 2 heterocycles. The Hall–Kier alpha value is -2.32. The van der Waals surface area contributed by atoms with E-state index >= 15 is 0 Å². The van der Waals surface area contributed by atoms with Crippen molar-refractivity contribution in [1.29, 1.82) is 0 Å². The number of piperidine rings is 1. The molecule has 0 aliphatic carbocycles. The maximum absolute atomic E-state index is 13.0. The van der Waals surface area contributed by atoms with Crippen LogP contribution in [0.1, 0.15) is 19.3 Å². The van der Waals surface area contributed by atoms with Gasteiger partial charge in [-0.25, -0.2) is 12.8 Å². The molecule has 3 rings (SSSR count). The van der Waals surface area contributed by atoms with Crippen LogP contribution in [-0.2, 0) is 19.6 Å². The van der Waals surface area contributed by atoms with Crippen molar-refractivity contribution >= 4 is 21.8 Å². The van der Waals surface area contributed by atoms with Crippen LogP contribution in [0.3, 0.4) is 0 Å². The topological polar surface area (TPSA) is 74.8 Å². The minimum Gasteiger partial charge on any atom is -0.275 e. The molecule has 0 atom stereocenters. The highest BCUT2D eigenvalue weighted by Crippen LogP contribution is 2.24. The Bertz CT molecular complexity index is 869. The van der Waals surface area contributed by atoms with Crippen molar-refractivity contribution in [3.8, 4) is 0 Å². The molecule has 144 valence electrons. The Morgan fingerprint density at radius 1 is 1.11 bits per heavy atom. The second-order valence-electron chi connectivity index (χ2n) is 6.57. The Morgan fingerprint density at radius 3 is 2.41 bits per heavy atom. The lowest BCUT2D eigenvalue weighted by Crippen LogP contribution is -2.38. The Morgan fingerprint density at radius 2 is 1.78 bits per heavy atom. The number of hydrogen-bond donors (Lipinski definition) is 0. The predicted octanol–water partition coefficient (Wildman–Crippen LogP) is 2.10. The monoisotopic (exact) mass is 392 g/mol. The maximum Gasteiger partial charge on any atom is 0.253 e. The van der Waals surface area contributed by atoms with Gasteiger partial charge in [0.2, 0.25) is 10.0 Å². The van der Waals surface area contributed by atoms with E-state index in [9.17, 15) is 22.4 Å². The first-order valence-electron chi connectivity index (χ1n) is 8.84. The summed E-state index contributed by atoms with van der Waals surface area (Å²) >= 11 is 0. The van der Waals surface area contributed by atoms with E-state index in [1.165, 1.54) is 33.5 Å². The van der Waals surface area contributed by atoms with Gasteiger partial charge in [-0.2, -0.15) is 4.31 Å². The first kappa shape index (κ1) is 19.4. The second kappa shape index (κ2) is 8.14. The number of benzene rings is 1. The van der Waals surface area contributed by atoms with E-state index in [0.717, 1.165) is 12.1 Å².